The fourth-order valence-corrected chi connectivity index (χ4v) is 4.78. The van der Waals surface area contributed by atoms with E-state index in [9.17, 15) is 18.0 Å². The van der Waals surface area contributed by atoms with E-state index in [0.29, 0.717) is 44.9 Å². The molecule has 0 aromatic heterocycles. The third-order valence-corrected chi connectivity index (χ3v) is 6.70. The molecule has 2 rings (SSSR count). The molecule has 1 fully saturated rings. The molecule has 1 N–H and O–H groups in total. The van der Waals surface area contributed by atoms with Crippen LogP contribution in [-0.4, -0.2) is 62.2 Å². The standard InChI is InChI=1S/C19H29N3O5S/c1-4-22(5-2)28(25,26)17-14-15(9-10-16(17)27-6-3)20-18(23)11-13-21-12-7-8-19(21)24/h9-10,14H,4-8,11-13H2,1-3H3,(H,20,23). The summed E-state index contributed by atoms with van der Waals surface area (Å²) in [7, 11) is -3.74. The number of sulfonamides is 1. The fourth-order valence-electron chi connectivity index (χ4n) is 3.17. The Labute approximate surface area is 166 Å². The van der Waals surface area contributed by atoms with Gasteiger partial charge in [0.2, 0.25) is 21.8 Å². The summed E-state index contributed by atoms with van der Waals surface area (Å²) < 4.78 is 32.7. The lowest BCUT2D eigenvalue weighted by Gasteiger charge is -2.21. The molecule has 0 atom stereocenters. The zero-order valence-electron chi connectivity index (χ0n) is 16.7. The second-order valence-corrected chi connectivity index (χ2v) is 8.37. The molecule has 1 aliphatic rings. The van der Waals surface area contributed by atoms with Crippen molar-refractivity contribution in [3.8, 4) is 5.75 Å². The lowest BCUT2D eigenvalue weighted by molar-refractivity contribution is -0.128. The highest BCUT2D eigenvalue weighted by Crippen LogP contribution is 2.30. The van der Waals surface area contributed by atoms with E-state index < -0.39 is 10.0 Å². The van der Waals surface area contributed by atoms with Crippen LogP contribution in [0, 0.1) is 0 Å². The van der Waals surface area contributed by atoms with Crippen molar-refractivity contribution >= 4 is 27.5 Å². The van der Waals surface area contributed by atoms with Crippen LogP contribution in [0.15, 0.2) is 23.1 Å². The molecule has 28 heavy (non-hydrogen) atoms. The highest BCUT2D eigenvalue weighted by atomic mass is 32.2. The van der Waals surface area contributed by atoms with Gasteiger partial charge in [0.15, 0.2) is 0 Å². The Hall–Kier alpha value is -2.13. The van der Waals surface area contributed by atoms with E-state index in [0.717, 1.165) is 6.42 Å². The molecular formula is C19H29N3O5S. The quantitative estimate of drug-likeness (QED) is 0.636. The molecule has 2 amide bonds. The third kappa shape index (κ3) is 5.23. The van der Waals surface area contributed by atoms with Gasteiger partial charge in [-0.1, -0.05) is 13.8 Å². The summed E-state index contributed by atoms with van der Waals surface area (Å²) in [6, 6.07) is 4.60. The maximum atomic E-state index is 13.0. The van der Waals surface area contributed by atoms with E-state index in [1.807, 2.05) is 0 Å². The molecule has 0 aliphatic carbocycles. The summed E-state index contributed by atoms with van der Waals surface area (Å²) >= 11 is 0. The predicted octanol–water partition coefficient (Wildman–Crippen LogP) is 2.07. The number of ether oxygens (including phenoxy) is 1. The van der Waals surface area contributed by atoms with Gasteiger partial charge < -0.3 is 15.0 Å². The molecule has 1 aromatic carbocycles. The van der Waals surface area contributed by atoms with Crippen molar-refractivity contribution in [2.45, 2.75) is 44.9 Å². The third-order valence-electron chi connectivity index (χ3n) is 4.63. The number of carbonyl (C=O) groups is 2. The van der Waals surface area contributed by atoms with Crippen molar-refractivity contribution in [2.24, 2.45) is 0 Å². The number of rotatable bonds is 10. The van der Waals surface area contributed by atoms with Crippen molar-refractivity contribution in [3.05, 3.63) is 18.2 Å². The second-order valence-electron chi connectivity index (χ2n) is 6.47. The van der Waals surface area contributed by atoms with E-state index in [4.69, 9.17) is 4.74 Å². The van der Waals surface area contributed by atoms with Crippen molar-refractivity contribution in [1.82, 2.24) is 9.21 Å². The average molecular weight is 412 g/mol. The summed E-state index contributed by atoms with van der Waals surface area (Å²) in [5.74, 6) is 0.0616. The zero-order valence-corrected chi connectivity index (χ0v) is 17.5. The van der Waals surface area contributed by atoms with Crippen LogP contribution in [0.5, 0.6) is 5.75 Å². The van der Waals surface area contributed by atoms with Crippen molar-refractivity contribution in [3.63, 3.8) is 0 Å². The maximum Gasteiger partial charge on any atom is 0.246 e. The Morgan fingerprint density at radius 2 is 1.96 bits per heavy atom. The Morgan fingerprint density at radius 1 is 1.25 bits per heavy atom. The summed E-state index contributed by atoms with van der Waals surface area (Å²) in [5, 5.41) is 2.72. The normalized spacial score (nSPS) is 14.6. The molecule has 0 saturated carbocycles. The zero-order chi connectivity index (χ0) is 20.7. The molecule has 0 radical (unpaired) electrons. The summed E-state index contributed by atoms with van der Waals surface area (Å²) in [6.45, 7) is 7.38. The van der Waals surface area contributed by atoms with Gasteiger partial charge in [0.25, 0.3) is 0 Å². The first kappa shape index (κ1) is 22.2. The minimum absolute atomic E-state index is 0.0329. The molecule has 1 heterocycles. The Bertz CT molecular complexity index is 806. The van der Waals surface area contributed by atoms with Crippen LogP contribution in [0.2, 0.25) is 0 Å². The first-order chi connectivity index (χ1) is 13.3. The molecule has 0 unspecified atom stereocenters. The second kappa shape index (κ2) is 9.88. The van der Waals surface area contributed by atoms with E-state index in [2.05, 4.69) is 5.32 Å². The minimum atomic E-state index is -3.74. The molecule has 9 heteroatoms. The largest absolute Gasteiger partial charge is 0.492 e. The first-order valence-corrected chi connectivity index (χ1v) is 11.1. The van der Waals surface area contributed by atoms with Gasteiger partial charge in [-0.2, -0.15) is 4.31 Å². The summed E-state index contributed by atoms with van der Waals surface area (Å²) in [4.78, 5) is 25.6. The highest BCUT2D eigenvalue weighted by Gasteiger charge is 2.26. The number of benzene rings is 1. The van der Waals surface area contributed by atoms with Crippen molar-refractivity contribution < 1.29 is 22.7 Å². The maximum absolute atomic E-state index is 13.0. The van der Waals surface area contributed by atoms with Gasteiger partial charge in [0.05, 0.1) is 6.61 Å². The van der Waals surface area contributed by atoms with Crippen molar-refractivity contribution in [2.75, 3.05) is 38.1 Å². The molecule has 0 spiro atoms. The minimum Gasteiger partial charge on any atom is -0.492 e. The first-order valence-electron chi connectivity index (χ1n) is 9.68. The number of hydrogen-bond donors (Lipinski definition) is 1. The Kier molecular flexibility index (Phi) is 7.82. The van der Waals surface area contributed by atoms with Gasteiger partial charge in [-0.15, -0.1) is 0 Å². The summed E-state index contributed by atoms with van der Waals surface area (Å²) in [5.41, 5.74) is 0.381. The molecule has 1 aliphatic heterocycles. The van der Waals surface area contributed by atoms with E-state index in [-0.39, 0.29) is 28.9 Å². The fraction of sp³-hybridized carbons (Fsp3) is 0.579. The van der Waals surface area contributed by atoms with Crippen LogP contribution in [0.1, 0.15) is 40.0 Å². The number of amides is 2. The van der Waals surface area contributed by atoms with E-state index in [1.165, 1.54) is 10.4 Å². The smallest absolute Gasteiger partial charge is 0.246 e. The van der Waals surface area contributed by atoms with Crippen LogP contribution in [0.3, 0.4) is 0 Å². The van der Waals surface area contributed by atoms with Gasteiger partial charge in [0, 0.05) is 44.7 Å². The van der Waals surface area contributed by atoms with Crippen molar-refractivity contribution in [1.29, 1.82) is 0 Å². The van der Waals surface area contributed by atoms with Gasteiger partial charge in [-0.3, -0.25) is 9.59 Å². The molecule has 0 bridgehead atoms. The molecular weight excluding hydrogens is 382 g/mol. The molecule has 8 nitrogen and oxygen atoms in total. The van der Waals surface area contributed by atoms with Crippen LogP contribution in [-0.2, 0) is 19.6 Å². The van der Waals surface area contributed by atoms with Crippen LogP contribution >= 0.6 is 0 Å². The lowest BCUT2D eigenvalue weighted by atomic mass is 10.3. The monoisotopic (exact) mass is 411 g/mol. The highest BCUT2D eigenvalue weighted by molar-refractivity contribution is 7.89. The van der Waals surface area contributed by atoms with Crippen LogP contribution in [0.4, 0.5) is 5.69 Å². The number of likely N-dealkylation sites (tertiary alicyclic amines) is 1. The SMILES string of the molecule is CCOc1ccc(NC(=O)CCN2CCCC2=O)cc1S(=O)(=O)N(CC)CC. The number of anilines is 1. The number of carbonyl (C=O) groups excluding carboxylic acids is 2. The Balaban J connectivity index is 2.17. The number of nitrogens with zero attached hydrogens (tertiary/aromatic N) is 2. The number of nitrogens with one attached hydrogen (secondary N) is 1. The summed E-state index contributed by atoms with van der Waals surface area (Å²) in [6.07, 6.45) is 1.52. The topological polar surface area (TPSA) is 96.0 Å². The Morgan fingerprint density at radius 3 is 2.54 bits per heavy atom. The lowest BCUT2D eigenvalue weighted by Crippen LogP contribution is -2.31. The predicted molar refractivity (Wildman–Crippen MR) is 107 cm³/mol. The van der Waals surface area contributed by atoms with Crippen LogP contribution < -0.4 is 10.1 Å². The molecule has 1 aromatic rings. The molecule has 156 valence electrons. The average Bonchev–Trinajstić information content (AvgIpc) is 3.07. The van der Waals surface area contributed by atoms with Gasteiger partial charge >= 0.3 is 0 Å². The number of hydrogen-bond acceptors (Lipinski definition) is 5. The van der Waals surface area contributed by atoms with Gasteiger partial charge in [-0.25, -0.2) is 8.42 Å². The van der Waals surface area contributed by atoms with E-state index in [1.54, 1.807) is 37.8 Å². The van der Waals surface area contributed by atoms with Crippen LogP contribution in [0.25, 0.3) is 0 Å². The van der Waals surface area contributed by atoms with Gasteiger partial charge in [0.1, 0.15) is 10.6 Å². The van der Waals surface area contributed by atoms with Gasteiger partial charge in [-0.05, 0) is 31.5 Å². The van der Waals surface area contributed by atoms with E-state index >= 15 is 0 Å². The molecule has 1 saturated heterocycles.